The zero-order valence-electron chi connectivity index (χ0n) is 16.4. The SMILES string of the molecule is COC(=O)[C@H](C)N1C(=O)S/C(=C/c2cc(I)c(OCc3ccc(I)cc3)c(I)c2)C1=O. The third-order valence-corrected chi connectivity index (χ3v) is 7.57. The van der Waals surface area contributed by atoms with Crippen LogP contribution in [0.1, 0.15) is 18.1 Å². The predicted octanol–water partition coefficient (Wildman–Crippen LogP) is 5.68. The van der Waals surface area contributed by atoms with Gasteiger partial charge in [-0.05, 0) is 128 Å². The molecule has 6 nitrogen and oxygen atoms in total. The molecule has 0 spiro atoms. The van der Waals surface area contributed by atoms with Gasteiger partial charge in [0.05, 0.1) is 19.2 Å². The monoisotopic (exact) mass is 775 g/mol. The van der Waals surface area contributed by atoms with E-state index in [2.05, 4.69) is 72.5 Å². The second-order valence-corrected chi connectivity index (χ2v) is 11.0. The van der Waals surface area contributed by atoms with E-state index in [0.717, 1.165) is 40.7 Å². The third-order valence-electron chi connectivity index (χ3n) is 4.37. The highest BCUT2D eigenvalue weighted by Gasteiger charge is 2.41. The van der Waals surface area contributed by atoms with Crippen LogP contribution < -0.4 is 4.74 Å². The molecule has 0 radical (unpaired) electrons. The molecule has 2 aromatic carbocycles. The van der Waals surface area contributed by atoms with Crippen molar-refractivity contribution in [2.24, 2.45) is 0 Å². The van der Waals surface area contributed by atoms with Gasteiger partial charge < -0.3 is 9.47 Å². The number of ether oxygens (including phenoxy) is 2. The Morgan fingerprint density at radius 2 is 1.74 bits per heavy atom. The lowest BCUT2D eigenvalue weighted by Crippen LogP contribution is -2.42. The summed E-state index contributed by atoms with van der Waals surface area (Å²) in [5.74, 6) is -0.372. The minimum absolute atomic E-state index is 0.264. The van der Waals surface area contributed by atoms with Crippen LogP contribution in [0.4, 0.5) is 4.79 Å². The molecule has 2 amide bonds. The number of methoxy groups -OCH3 is 1. The smallest absolute Gasteiger partial charge is 0.328 e. The summed E-state index contributed by atoms with van der Waals surface area (Å²) < 4.78 is 13.6. The molecule has 0 aromatic heterocycles. The predicted molar refractivity (Wildman–Crippen MR) is 145 cm³/mol. The summed E-state index contributed by atoms with van der Waals surface area (Å²) in [6.07, 6.45) is 1.65. The van der Waals surface area contributed by atoms with Crippen molar-refractivity contribution in [3.05, 3.63) is 63.1 Å². The molecule has 0 aliphatic carbocycles. The molecule has 0 bridgehead atoms. The first-order valence-corrected chi connectivity index (χ1v) is 13.0. The first-order chi connectivity index (χ1) is 14.7. The molecule has 1 aliphatic heterocycles. The zero-order valence-corrected chi connectivity index (χ0v) is 23.6. The fourth-order valence-corrected chi connectivity index (χ4v) is 6.17. The fraction of sp³-hybridized carbons (Fsp3) is 0.190. The van der Waals surface area contributed by atoms with Crippen LogP contribution in [0.25, 0.3) is 6.08 Å². The highest BCUT2D eigenvalue weighted by atomic mass is 127. The first kappa shape index (κ1) is 24.8. The van der Waals surface area contributed by atoms with Gasteiger partial charge in [-0.15, -0.1) is 0 Å². The molecule has 1 aliphatic rings. The molecule has 2 aromatic rings. The van der Waals surface area contributed by atoms with Gasteiger partial charge in [-0.25, -0.2) is 4.79 Å². The normalized spacial score (nSPS) is 16.0. The van der Waals surface area contributed by atoms with E-state index in [1.54, 1.807) is 6.08 Å². The second kappa shape index (κ2) is 10.8. The molecule has 1 heterocycles. The Morgan fingerprint density at radius 3 is 2.32 bits per heavy atom. The quantitative estimate of drug-likeness (QED) is 0.214. The minimum Gasteiger partial charge on any atom is -0.487 e. The van der Waals surface area contributed by atoms with E-state index < -0.39 is 23.2 Å². The molecule has 0 unspecified atom stereocenters. The molecule has 1 saturated heterocycles. The van der Waals surface area contributed by atoms with E-state index in [4.69, 9.17) is 4.74 Å². The molecule has 31 heavy (non-hydrogen) atoms. The van der Waals surface area contributed by atoms with E-state index in [1.807, 2.05) is 36.4 Å². The number of nitrogens with zero attached hydrogens (tertiary/aromatic N) is 1. The number of thioether (sulfide) groups is 1. The van der Waals surface area contributed by atoms with Gasteiger partial charge in [0.25, 0.3) is 11.1 Å². The summed E-state index contributed by atoms with van der Waals surface area (Å²) in [6.45, 7) is 1.92. The van der Waals surface area contributed by atoms with Crippen molar-refractivity contribution >= 4 is 103 Å². The Kier molecular flexibility index (Phi) is 8.65. The number of benzene rings is 2. The maximum Gasteiger partial charge on any atom is 0.328 e. The van der Waals surface area contributed by atoms with Crippen LogP contribution >= 0.6 is 79.5 Å². The van der Waals surface area contributed by atoms with Crippen molar-refractivity contribution in [2.75, 3.05) is 7.11 Å². The molecule has 0 saturated carbocycles. The summed E-state index contributed by atoms with van der Waals surface area (Å²) in [5.41, 5.74) is 1.84. The summed E-state index contributed by atoms with van der Waals surface area (Å²) in [4.78, 5) is 37.9. The maximum absolute atomic E-state index is 12.7. The lowest BCUT2D eigenvalue weighted by atomic mass is 10.2. The van der Waals surface area contributed by atoms with E-state index >= 15 is 0 Å². The summed E-state index contributed by atoms with van der Waals surface area (Å²) in [5, 5.41) is -0.490. The van der Waals surface area contributed by atoms with Gasteiger partial charge >= 0.3 is 5.97 Å². The highest BCUT2D eigenvalue weighted by molar-refractivity contribution is 14.1. The van der Waals surface area contributed by atoms with Crippen molar-refractivity contribution in [1.82, 2.24) is 4.90 Å². The van der Waals surface area contributed by atoms with Gasteiger partial charge in [-0.1, -0.05) is 12.1 Å². The minimum atomic E-state index is -0.972. The Labute approximate surface area is 224 Å². The zero-order chi connectivity index (χ0) is 22.7. The van der Waals surface area contributed by atoms with Crippen molar-refractivity contribution in [3.8, 4) is 5.75 Å². The summed E-state index contributed by atoms with van der Waals surface area (Å²) >= 11 is 7.46. The largest absolute Gasteiger partial charge is 0.487 e. The van der Waals surface area contributed by atoms with Crippen LogP contribution in [-0.2, 0) is 20.9 Å². The molecule has 162 valence electrons. The average molecular weight is 775 g/mol. The number of amides is 2. The topological polar surface area (TPSA) is 72.9 Å². The van der Waals surface area contributed by atoms with Crippen LogP contribution in [0.15, 0.2) is 41.3 Å². The number of esters is 1. The molecular weight excluding hydrogens is 759 g/mol. The molecule has 10 heteroatoms. The van der Waals surface area contributed by atoms with Gasteiger partial charge in [-0.2, -0.15) is 0 Å². The number of carbonyl (C=O) groups is 3. The number of carbonyl (C=O) groups excluding carboxylic acids is 3. The lowest BCUT2D eigenvalue weighted by Gasteiger charge is -2.18. The van der Waals surface area contributed by atoms with Gasteiger partial charge in [0.15, 0.2) is 0 Å². The van der Waals surface area contributed by atoms with Crippen LogP contribution in [0.5, 0.6) is 5.75 Å². The van der Waals surface area contributed by atoms with Crippen LogP contribution in [0.2, 0.25) is 0 Å². The summed E-state index contributed by atoms with van der Waals surface area (Å²) in [7, 11) is 1.22. The van der Waals surface area contributed by atoms with E-state index in [-0.39, 0.29) is 4.91 Å². The average Bonchev–Trinajstić information content (AvgIpc) is 3.00. The lowest BCUT2D eigenvalue weighted by molar-refractivity contribution is -0.148. The number of hydrogen-bond acceptors (Lipinski definition) is 6. The number of imide groups is 1. The van der Waals surface area contributed by atoms with Crippen molar-refractivity contribution in [1.29, 1.82) is 0 Å². The third kappa shape index (κ3) is 5.93. The van der Waals surface area contributed by atoms with Crippen LogP contribution in [0, 0.1) is 10.7 Å². The van der Waals surface area contributed by atoms with E-state index in [1.165, 1.54) is 17.6 Å². The number of hydrogen-bond donors (Lipinski definition) is 0. The van der Waals surface area contributed by atoms with Gasteiger partial charge in [0.1, 0.15) is 18.4 Å². The first-order valence-electron chi connectivity index (χ1n) is 8.92. The maximum atomic E-state index is 12.7. The number of halogens is 3. The highest BCUT2D eigenvalue weighted by Crippen LogP contribution is 2.36. The Balaban J connectivity index is 1.78. The van der Waals surface area contributed by atoms with Crippen molar-refractivity contribution in [2.45, 2.75) is 19.6 Å². The van der Waals surface area contributed by atoms with Crippen molar-refractivity contribution in [3.63, 3.8) is 0 Å². The standard InChI is InChI=1S/C21H16I3NO5S/c1-11(20(27)29-2)25-19(26)17(31-21(25)28)9-13-7-15(23)18(16(24)8-13)30-10-12-3-5-14(22)6-4-12/h3-9,11H,10H2,1-2H3/b17-9+/t11-/m0/s1. The Hall–Kier alpha value is -0.870. The fourth-order valence-electron chi connectivity index (χ4n) is 2.78. The van der Waals surface area contributed by atoms with Gasteiger partial charge in [-0.3, -0.25) is 14.5 Å². The molecular formula is C21H16I3NO5S. The Bertz CT molecular complexity index is 1050. The van der Waals surface area contributed by atoms with Crippen LogP contribution in [0.3, 0.4) is 0 Å². The summed E-state index contributed by atoms with van der Waals surface area (Å²) in [6, 6.07) is 10.9. The number of rotatable bonds is 6. The molecule has 1 fully saturated rings. The van der Waals surface area contributed by atoms with E-state index in [9.17, 15) is 14.4 Å². The molecule has 0 N–H and O–H groups in total. The molecule has 3 rings (SSSR count). The van der Waals surface area contributed by atoms with E-state index in [0.29, 0.717) is 6.61 Å². The van der Waals surface area contributed by atoms with Crippen LogP contribution in [-0.4, -0.2) is 35.2 Å². The Morgan fingerprint density at radius 1 is 1.13 bits per heavy atom. The van der Waals surface area contributed by atoms with Gasteiger partial charge in [0.2, 0.25) is 0 Å². The van der Waals surface area contributed by atoms with Crippen molar-refractivity contribution < 1.29 is 23.9 Å². The van der Waals surface area contributed by atoms with Gasteiger partial charge in [0, 0.05) is 3.57 Å². The molecule has 1 atom stereocenters. The second-order valence-electron chi connectivity index (χ2n) is 6.48.